The molecule has 4 heteroatoms. The van der Waals surface area contributed by atoms with Crippen LogP contribution in [-0.4, -0.2) is 15.6 Å². The molecule has 2 unspecified atom stereocenters. The Balaban J connectivity index is 2.47. The maximum absolute atomic E-state index is 6.09. The van der Waals surface area contributed by atoms with E-state index in [4.69, 9.17) is 17.3 Å². The number of benzene rings is 1. The van der Waals surface area contributed by atoms with Gasteiger partial charge in [-0.3, -0.25) is 0 Å². The maximum Gasteiger partial charge on any atom is 0.106 e. The summed E-state index contributed by atoms with van der Waals surface area (Å²) in [4.78, 5) is 4.24. The summed E-state index contributed by atoms with van der Waals surface area (Å²) in [7, 11) is 0. The van der Waals surface area contributed by atoms with Crippen molar-refractivity contribution >= 4 is 11.6 Å². The molecule has 0 spiro atoms. The van der Waals surface area contributed by atoms with Crippen molar-refractivity contribution in [3.63, 3.8) is 0 Å². The highest BCUT2D eigenvalue weighted by atomic mass is 35.5. The van der Waals surface area contributed by atoms with Gasteiger partial charge in [0.25, 0.3) is 0 Å². The van der Waals surface area contributed by atoms with Gasteiger partial charge in [-0.15, -0.1) is 0 Å². The van der Waals surface area contributed by atoms with Gasteiger partial charge in [0.2, 0.25) is 0 Å². The molecule has 3 nitrogen and oxygen atoms in total. The fraction of sp³-hybridized carbons (Fsp3) is 0.308. The number of nitrogens with zero attached hydrogens (tertiary/aromatic N) is 2. The van der Waals surface area contributed by atoms with Gasteiger partial charge in [-0.05, 0) is 31.5 Å². The molecule has 1 aromatic carbocycles. The van der Waals surface area contributed by atoms with Gasteiger partial charge >= 0.3 is 0 Å². The Morgan fingerprint density at radius 2 is 2.18 bits per heavy atom. The van der Waals surface area contributed by atoms with Gasteiger partial charge in [0.05, 0.1) is 6.04 Å². The first-order chi connectivity index (χ1) is 8.09. The summed E-state index contributed by atoms with van der Waals surface area (Å²) >= 11 is 6.03. The van der Waals surface area contributed by atoms with Gasteiger partial charge in [-0.2, -0.15) is 0 Å². The van der Waals surface area contributed by atoms with Crippen molar-refractivity contribution < 1.29 is 0 Å². The summed E-state index contributed by atoms with van der Waals surface area (Å²) in [5.74, 6) is 0.951. The van der Waals surface area contributed by atoms with Crippen LogP contribution in [0.4, 0.5) is 0 Å². The van der Waals surface area contributed by atoms with Crippen LogP contribution in [0.5, 0.6) is 0 Å². The minimum atomic E-state index is -0.0126. The number of hydrogen-bond donors (Lipinski definition) is 1. The van der Waals surface area contributed by atoms with Crippen molar-refractivity contribution in [2.45, 2.75) is 25.9 Å². The molecule has 0 bridgehead atoms. The van der Waals surface area contributed by atoms with E-state index < -0.39 is 0 Å². The molecule has 2 N–H and O–H groups in total. The lowest BCUT2D eigenvalue weighted by molar-refractivity contribution is 0.486. The number of halogens is 1. The predicted molar refractivity (Wildman–Crippen MR) is 70.2 cm³/mol. The standard InChI is InChI=1S/C13H16ClN3/c1-9(15)13(17-7-6-16-10(17)2)11-4-3-5-12(14)8-11/h3-9,13H,15H2,1-2H3. The van der Waals surface area contributed by atoms with Gasteiger partial charge in [0.1, 0.15) is 5.82 Å². The Labute approximate surface area is 106 Å². The largest absolute Gasteiger partial charge is 0.326 e. The van der Waals surface area contributed by atoms with E-state index in [0.717, 1.165) is 16.4 Å². The minimum absolute atomic E-state index is 0.0126. The van der Waals surface area contributed by atoms with Crippen LogP contribution in [0.1, 0.15) is 24.4 Å². The van der Waals surface area contributed by atoms with Crippen LogP contribution in [-0.2, 0) is 0 Å². The van der Waals surface area contributed by atoms with E-state index in [1.807, 2.05) is 44.3 Å². The predicted octanol–water partition coefficient (Wildman–Crippen LogP) is 2.78. The Kier molecular flexibility index (Phi) is 3.50. The fourth-order valence-electron chi connectivity index (χ4n) is 2.09. The Morgan fingerprint density at radius 1 is 1.41 bits per heavy atom. The molecular formula is C13H16ClN3. The van der Waals surface area contributed by atoms with E-state index in [1.54, 1.807) is 6.20 Å². The van der Waals surface area contributed by atoms with Gasteiger partial charge < -0.3 is 10.3 Å². The molecule has 0 saturated heterocycles. The molecular weight excluding hydrogens is 234 g/mol. The third kappa shape index (κ3) is 2.51. The fourth-order valence-corrected chi connectivity index (χ4v) is 2.29. The average molecular weight is 250 g/mol. The second-order valence-electron chi connectivity index (χ2n) is 4.24. The SMILES string of the molecule is Cc1nccn1C(c1cccc(Cl)c1)C(C)N. The third-order valence-electron chi connectivity index (χ3n) is 2.85. The molecule has 0 amide bonds. The number of aryl methyl sites for hydroxylation is 1. The van der Waals surface area contributed by atoms with E-state index in [1.165, 1.54) is 0 Å². The van der Waals surface area contributed by atoms with Gasteiger partial charge in [0.15, 0.2) is 0 Å². The molecule has 1 heterocycles. The van der Waals surface area contributed by atoms with Crippen LogP contribution in [0.3, 0.4) is 0 Å². The zero-order valence-corrected chi connectivity index (χ0v) is 10.7. The molecule has 0 aliphatic rings. The lowest BCUT2D eigenvalue weighted by atomic mass is 10.0. The minimum Gasteiger partial charge on any atom is -0.326 e. The van der Waals surface area contributed by atoms with Crippen molar-refractivity contribution in [3.05, 3.63) is 53.1 Å². The molecule has 1 aromatic heterocycles. The van der Waals surface area contributed by atoms with Crippen molar-refractivity contribution in [2.24, 2.45) is 5.73 Å². The first-order valence-corrected chi connectivity index (χ1v) is 5.98. The van der Waals surface area contributed by atoms with Crippen LogP contribution in [0.15, 0.2) is 36.7 Å². The van der Waals surface area contributed by atoms with Crippen molar-refractivity contribution in [3.8, 4) is 0 Å². The quantitative estimate of drug-likeness (QED) is 0.909. The van der Waals surface area contributed by atoms with Crippen LogP contribution in [0.25, 0.3) is 0 Å². The van der Waals surface area contributed by atoms with E-state index in [2.05, 4.69) is 9.55 Å². The molecule has 0 saturated carbocycles. The third-order valence-corrected chi connectivity index (χ3v) is 3.09. The van der Waals surface area contributed by atoms with Crippen LogP contribution in [0.2, 0.25) is 5.02 Å². The lowest BCUT2D eigenvalue weighted by Gasteiger charge is -2.24. The highest BCUT2D eigenvalue weighted by Crippen LogP contribution is 2.24. The molecule has 0 aliphatic heterocycles. The summed E-state index contributed by atoms with van der Waals surface area (Å²) in [6.07, 6.45) is 3.74. The van der Waals surface area contributed by atoms with Crippen molar-refractivity contribution in [1.29, 1.82) is 0 Å². The zero-order valence-electron chi connectivity index (χ0n) is 9.97. The average Bonchev–Trinajstić information content (AvgIpc) is 2.65. The second kappa shape index (κ2) is 4.90. The summed E-state index contributed by atoms with van der Waals surface area (Å²) in [6.45, 7) is 3.96. The molecule has 90 valence electrons. The summed E-state index contributed by atoms with van der Waals surface area (Å²) in [5, 5.41) is 0.728. The van der Waals surface area contributed by atoms with Gasteiger partial charge in [-0.1, -0.05) is 23.7 Å². The first-order valence-electron chi connectivity index (χ1n) is 5.60. The van der Waals surface area contributed by atoms with Crippen molar-refractivity contribution in [1.82, 2.24) is 9.55 Å². The smallest absolute Gasteiger partial charge is 0.106 e. The second-order valence-corrected chi connectivity index (χ2v) is 4.68. The Morgan fingerprint density at radius 3 is 2.71 bits per heavy atom. The monoisotopic (exact) mass is 249 g/mol. The van der Waals surface area contributed by atoms with Crippen LogP contribution in [0, 0.1) is 6.92 Å². The first kappa shape index (κ1) is 12.1. The van der Waals surface area contributed by atoms with E-state index >= 15 is 0 Å². The summed E-state index contributed by atoms with van der Waals surface area (Å²) < 4.78 is 2.08. The number of aromatic nitrogens is 2. The molecule has 17 heavy (non-hydrogen) atoms. The maximum atomic E-state index is 6.09. The van der Waals surface area contributed by atoms with Crippen LogP contribution >= 0.6 is 11.6 Å². The van der Waals surface area contributed by atoms with Crippen LogP contribution < -0.4 is 5.73 Å². The molecule has 2 aromatic rings. The van der Waals surface area contributed by atoms with E-state index in [0.29, 0.717) is 0 Å². The van der Waals surface area contributed by atoms with E-state index in [-0.39, 0.29) is 12.1 Å². The summed E-state index contributed by atoms with van der Waals surface area (Å²) in [5.41, 5.74) is 7.19. The highest BCUT2D eigenvalue weighted by molar-refractivity contribution is 6.30. The molecule has 0 fully saturated rings. The molecule has 0 radical (unpaired) electrons. The Bertz CT molecular complexity index is 505. The zero-order chi connectivity index (χ0) is 12.4. The molecule has 0 aliphatic carbocycles. The van der Waals surface area contributed by atoms with Gasteiger partial charge in [0, 0.05) is 23.5 Å². The number of hydrogen-bond acceptors (Lipinski definition) is 2. The lowest BCUT2D eigenvalue weighted by Crippen LogP contribution is -2.30. The topological polar surface area (TPSA) is 43.8 Å². The van der Waals surface area contributed by atoms with Gasteiger partial charge in [-0.25, -0.2) is 4.98 Å². The van der Waals surface area contributed by atoms with E-state index in [9.17, 15) is 0 Å². The number of nitrogens with two attached hydrogens (primary N) is 1. The molecule has 2 rings (SSSR count). The highest BCUT2D eigenvalue weighted by Gasteiger charge is 2.19. The number of rotatable bonds is 3. The molecule has 2 atom stereocenters. The number of imidazole rings is 1. The normalized spacial score (nSPS) is 14.6. The summed E-state index contributed by atoms with van der Waals surface area (Å²) in [6, 6.07) is 7.86. The van der Waals surface area contributed by atoms with Crippen molar-refractivity contribution in [2.75, 3.05) is 0 Å². The Hall–Kier alpha value is -1.32.